The lowest BCUT2D eigenvalue weighted by molar-refractivity contribution is -0.127. The molecule has 22 heavy (non-hydrogen) atoms. The van der Waals surface area contributed by atoms with Gasteiger partial charge in [0.15, 0.2) is 0 Å². The van der Waals surface area contributed by atoms with E-state index in [4.69, 9.17) is 9.47 Å². The first-order valence-electron chi connectivity index (χ1n) is 7.74. The van der Waals surface area contributed by atoms with Crippen molar-refractivity contribution in [1.82, 2.24) is 4.90 Å². The number of carbonyl (C=O) groups is 1. The van der Waals surface area contributed by atoms with Crippen molar-refractivity contribution in [2.24, 2.45) is 5.92 Å². The van der Waals surface area contributed by atoms with Crippen LogP contribution < -0.4 is 9.47 Å². The van der Waals surface area contributed by atoms with E-state index in [1.165, 1.54) is 0 Å². The van der Waals surface area contributed by atoms with Gasteiger partial charge in [-0.25, -0.2) is 0 Å². The third-order valence-corrected chi connectivity index (χ3v) is 4.27. The van der Waals surface area contributed by atoms with Crippen molar-refractivity contribution in [3.05, 3.63) is 29.8 Å². The number of likely N-dealkylation sites (tertiary alicyclic amines) is 1. The van der Waals surface area contributed by atoms with Gasteiger partial charge in [-0.2, -0.15) is 0 Å². The third kappa shape index (κ3) is 3.81. The molecule has 0 saturated carbocycles. The van der Waals surface area contributed by atoms with Crippen molar-refractivity contribution in [1.29, 1.82) is 0 Å². The Morgan fingerprint density at radius 1 is 1.23 bits per heavy atom. The third-order valence-electron chi connectivity index (χ3n) is 4.27. The van der Waals surface area contributed by atoms with Gasteiger partial charge < -0.3 is 14.4 Å². The van der Waals surface area contributed by atoms with Crippen LogP contribution in [-0.2, 0) is 4.79 Å². The lowest BCUT2D eigenvalue weighted by atomic mass is 9.99. The van der Waals surface area contributed by atoms with Gasteiger partial charge >= 0.3 is 0 Å². The zero-order valence-corrected chi connectivity index (χ0v) is 13.9. The van der Waals surface area contributed by atoms with E-state index in [9.17, 15) is 4.79 Å². The van der Waals surface area contributed by atoms with Crippen LogP contribution in [0.2, 0.25) is 0 Å². The summed E-state index contributed by atoms with van der Waals surface area (Å²) >= 11 is 0. The molecule has 1 aromatic carbocycles. The monoisotopic (exact) mass is 303 g/mol. The van der Waals surface area contributed by atoms with Gasteiger partial charge in [0.1, 0.15) is 11.5 Å². The van der Waals surface area contributed by atoms with Gasteiger partial charge in [0.05, 0.1) is 14.2 Å². The molecule has 0 unspecified atom stereocenters. The number of allylic oxidation sites excluding steroid dienone is 1. The predicted octanol–water partition coefficient (Wildman–Crippen LogP) is 3.37. The van der Waals surface area contributed by atoms with E-state index in [1.807, 2.05) is 30.0 Å². The molecule has 0 spiro atoms. The van der Waals surface area contributed by atoms with Crippen molar-refractivity contribution in [2.75, 3.05) is 27.3 Å². The fraction of sp³-hybridized carbons (Fsp3) is 0.500. The van der Waals surface area contributed by atoms with Gasteiger partial charge in [0.2, 0.25) is 5.91 Å². The predicted molar refractivity (Wildman–Crippen MR) is 88.2 cm³/mol. The number of methoxy groups -OCH3 is 2. The Labute approximate surface area is 132 Å². The van der Waals surface area contributed by atoms with Crippen LogP contribution in [0.4, 0.5) is 0 Å². The first-order chi connectivity index (χ1) is 10.5. The van der Waals surface area contributed by atoms with Crippen LogP contribution in [0.5, 0.6) is 11.5 Å². The second kappa shape index (κ2) is 7.34. The first kappa shape index (κ1) is 16.4. The Morgan fingerprint density at radius 3 is 2.50 bits per heavy atom. The molecule has 1 aliphatic rings. The minimum absolute atomic E-state index is 0.0854. The average molecular weight is 303 g/mol. The van der Waals surface area contributed by atoms with Gasteiger partial charge in [-0.3, -0.25) is 4.79 Å². The summed E-state index contributed by atoms with van der Waals surface area (Å²) in [6.45, 7) is 5.88. The van der Waals surface area contributed by atoms with E-state index < -0.39 is 0 Å². The molecule has 0 aliphatic carbocycles. The van der Waals surface area contributed by atoms with Gasteiger partial charge in [-0.1, -0.05) is 6.92 Å². The molecule has 0 radical (unpaired) electrons. The number of benzene rings is 1. The Kier molecular flexibility index (Phi) is 5.47. The molecule has 4 heteroatoms. The van der Waals surface area contributed by atoms with Crippen LogP contribution in [0.25, 0.3) is 5.57 Å². The van der Waals surface area contributed by atoms with Crippen LogP contribution in [0.1, 0.15) is 32.3 Å². The van der Waals surface area contributed by atoms with Crippen molar-refractivity contribution >= 4 is 11.5 Å². The lowest BCUT2D eigenvalue weighted by Gasteiger charge is -2.29. The number of amides is 1. The molecule has 1 fully saturated rings. The second-order valence-electron chi connectivity index (χ2n) is 5.90. The van der Waals surface area contributed by atoms with Crippen molar-refractivity contribution < 1.29 is 14.3 Å². The molecular weight excluding hydrogens is 278 g/mol. The molecule has 120 valence electrons. The molecule has 0 atom stereocenters. The summed E-state index contributed by atoms with van der Waals surface area (Å²) in [5.74, 6) is 2.26. The minimum atomic E-state index is 0.0854. The standard InChI is InChI=1S/C18H25NO3/c1-13-7-9-19(10-8-13)18(20)11-14(2)16-6-5-15(21-3)12-17(16)22-4/h5-6,11-13H,7-10H2,1-4H3/b14-11+. The SMILES string of the molecule is COc1ccc(/C(C)=C/C(=O)N2CCC(C)CC2)c(OC)c1. The summed E-state index contributed by atoms with van der Waals surface area (Å²) in [6, 6.07) is 5.64. The van der Waals surface area contributed by atoms with Gasteiger partial charge in [-0.15, -0.1) is 0 Å². The normalized spacial score (nSPS) is 16.5. The average Bonchev–Trinajstić information content (AvgIpc) is 2.54. The van der Waals surface area contributed by atoms with Crippen LogP contribution in [0.15, 0.2) is 24.3 Å². The molecule has 1 heterocycles. The van der Waals surface area contributed by atoms with Crippen molar-refractivity contribution in [3.8, 4) is 11.5 Å². The Morgan fingerprint density at radius 2 is 1.91 bits per heavy atom. The fourth-order valence-electron chi connectivity index (χ4n) is 2.71. The number of piperidine rings is 1. The molecule has 1 aromatic rings. The zero-order chi connectivity index (χ0) is 16.1. The number of hydrogen-bond acceptors (Lipinski definition) is 3. The molecular formula is C18H25NO3. The maximum Gasteiger partial charge on any atom is 0.246 e. The van der Waals surface area contributed by atoms with Crippen LogP contribution >= 0.6 is 0 Å². The topological polar surface area (TPSA) is 38.8 Å². The number of rotatable bonds is 4. The van der Waals surface area contributed by atoms with Crippen LogP contribution in [0, 0.1) is 5.92 Å². The quantitative estimate of drug-likeness (QED) is 0.801. The molecule has 1 amide bonds. The van der Waals surface area contributed by atoms with E-state index in [0.29, 0.717) is 5.75 Å². The minimum Gasteiger partial charge on any atom is -0.497 e. The van der Waals surface area contributed by atoms with E-state index in [0.717, 1.165) is 48.7 Å². The van der Waals surface area contributed by atoms with Gasteiger partial charge in [0, 0.05) is 30.8 Å². The van der Waals surface area contributed by atoms with Crippen LogP contribution in [-0.4, -0.2) is 38.1 Å². The summed E-state index contributed by atoms with van der Waals surface area (Å²) in [6.07, 6.45) is 3.88. The van der Waals surface area contributed by atoms with E-state index >= 15 is 0 Å². The highest BCUT2D eigenvalue weighted by atomic mass is 16.5. The van der Waals surface area contributed by atoms with E-state index in [-0.39, 0.29) is 5.91 Å². The highest BCUT2D eigenvalue weighted by Crippen LogP contribution is 2.30. The largest absolute Gasteiger partial charge is 0.497 e. The maximum atomic E-state index is 12.4. The molecule has 0 aromatic heterocycles. The van der Waals surface area contributed by atoms with Gasteiger partial charge in [-0.05, 0) is 43.4 Å². The maximum absolute atomic E-state index is 12.4. The summed E-state index contributed by atoms with van der Waals surface area (Å²) in [5, 5.41) is 0. The molecule has 1 aliphatic heterocycles. The Bertz CT molecular complexity index is 557. The van der Waals surface area contributed by atoms with Gasteiger partial charge in [0.25, 0.3) is 0 Å². The summed E-state index contributed by atoms with van der Waals surface area (Å²) in [5.41, 5.74) is 1.82. The van der Waals surface area contributed by atoms with Crippen molar-refractivity contribution in [3.63, 3.8) is 0 Å². The number of hydrogen-bond donors (Lipinski definition) is 0. The summed E-state index contributed by atoms with van der Waals surface area (Å²) in [4.78, 5) is 14.3. The van der Waals surface area contributed by atoms with E-state index in [1.54, 1.807) is 20.3 Å². The molecule has 2 rings (SSSR count). The molecule has 1 saturated heterocycles. The molecule has 0 bridgehead atoms. The highest BCUT2D eigenvalue weighted by Gasteiger charge is 2.19. The first-order valence-corrected chi connectivity index (χ1v) is 7.74. The molecule has 4 nitrogen and oxygen atoms in total. The number of ether oxygens (including phenoxy) is 2. The molecule has 0 N–H and O–H groups in total. The second-order valence-corrected chi connectivity index (χ2v) is 5.90. The lowest BCUT2D eigenvalue weighted by Crippen LogP contribution is -2.36. The summed E-state index contributed by atoms with van der Waals surface area (Å²) in [7, 11) is 3.25. The van der Waals surface area contributed by atoms with Crippen molar-refractivity contribution in [2.45, 2.75) is 26.7 Å². The Hall–Kier alpha value is -1.97. The van der Waals surface area contributed by atoms with Crippen LogP contribution in [0.3, 0.4) is 0 Å². The number of nitrogens with zero attached hydrogens (tertiary/aromatic N) is 1. The smallest absolute Gasteiger partial charge is 0.246 e. The highest BCUT2D eigenvalue weighted by molar-refractivity contribution is 5.95. The summed E-state index contributed by atoms with van der Waals surface area (Å²) < 4.78 is 10.6. The number of carbonyl (C=O) groups excluding carboxylic acids is 1. The van der Waals surface area contributed by atoms with E-state index in [2.05, 4.69) is 6.92 Å². The fourth-order valence-corrected chi connectivity index (χ4v) is 2.71. The zero-order valence-electron chi connectivity index (χ0n) is 13.9. The Balaban J connectivity index is 2.16.